The van der Waals surface area contributed by atoms with Crippen molar-refractivity contribution < 1.29 is 4.79 Å². The van der Waals surface area contributed by atoms with Gasteiger partial charge in [0.15, 0.2) is 0 Å². The summed E-state index contributed by atoms with van der Waals surface area (Å²) in [6.07, 6.45) is 6.23. The predicted octanol–water partition coefficient (Wildman–Crippen LogP) is 1.76. The van der Waals surface area contributed by atoms with Crippen molar-refractivity contribution in [3.8, 4) is 0 Å². The first-order valence-corrected chi connectivity index (χ1v) is 5.34. The Morgan fingerprint density at radius 1 is 1.40 bits per heavy atom. The first-order valence-electron chi connectivity index (χ1n) is 5.34. The SMILES string of the molecule is C/C=C(/C)C(=O)NC1CCCCC1N.Cl. The van der Waals surface area contributed by atoms with Crippen LogP contribution < -0.4 is 11.1 Å². The quantitative estimate of drug-likeness (QED) is 0.713. The summed E-state index contributed by atoms with van der Waals surface area (Å²) in [5.74, 6) is 0.0230. The highest BCUT2D eigenvalue weighted by Gasteiger charge is 2.23. The lowest BCUT2D eigenvalue weighted by atomic mass is 9.91. The summed E-state index contributed by atoms with van der Waals surface area (Å²) in [4.78, 5) is 11.6. The van der Waals surface area contributed by atoms with Gasteiger partial charge in [0.25, 0.3) is 0 Å². The minimum Gasteiger partial charge on any atom is -0.348 e. The summed E-state index contributed by atoms with van der Waals surface area (Å²) in [6, 6.07) is 0.309. The van der Waals surface area contributed by atoms with Crippen LogP contribution in [-0.4, -0.2) is 18.0 Å². The van der Waals surface area contributed by atoms with Gasteiger partial charge in [-0.2, -0.15) is 0 Å². The maximum Gasteiger partial charge on any atom is 0.246 e. The number of carbonyl (C=O) groups is 1. The predicted molar refractivity (Wildman–Crippen MR) is 65.1 cm³/mol. The van der Waals surface area contributed by atoms with E-state index in [2.05, 4.69) is 5.32 Å². The van der Waals surface area contributed by atoms with E-state index in [1.54, 1.807) is 0 Å². The molecule has 0 aromatic heterocycles. The Morgan fingerprint density at radius 3 is 2.53 bits per heavy atom. The van der Waals surface area contributed by atoms with E-state index in [1.807, 2.05) is 19.9 Å². The number of allylic oxidation sites excluding steroid dienone is 1. The zero-order valence-corrected chi connectivity index (χ0v) is 10.3. The third-order valence-electron chi connectivity index (χ3n) is 2.93. The lowest BCUT2D eigenvalue weighted by Crippen LogP contribution is -2.49. The number of nitrogens with one attached hydrogen (secondary N) is 1. The molecule has 4 heteroatoms. The zero-order chi connectivity index (χ0) is 10.6. The Kier molecular flexibility index (Phi) is 6.61. The lowest BCUT2D eigenvalue weighted by molar-refractivity contribution is -0.118. The molecule has 2 atom stereocenters. The number of halogens is 1. The van der Waals surface area contributed by atoms with E-state index in [4.69, 9.17) is 5.73 Å². The Bertz CT molecular complexity index is 241. The summed E-state index contributed by atoms with van der Waals surface area (Å²) in [5, 5.41) is 2.99. The minimum atomic E-state index is 0. The molecule has 0 heterocycles. The van der Waals surface area contributed by atoms with Gasteiger partial charge in [-0.1, -0.05) is 18.9 Å². The third kappa shape index (κ3) is 4.22. The van der Waals surface area contributed by atoms with Gasteiger partial charge < -0.3 is 11.1 Å². The van der Waals surface area contributed by atoms with E-state index in [-0.39, 0.29) is 30.4 Å². The molecule has 0 aromatic carbocycles. The van der Waals surface area contributed by atoms with Crippen LogP contribution in [0.15, 0.2) is 11.6 Å². The molecule has 3 N–H and O–H groups in total. The van der Waals surface area contributed by atoms with E-state index in [0.717, 1.165) is 18.4 Å². The Hall–Kier alpha value is -0.540. The van der Waals surface area contributed by atoms with Crippen LogP contribution in [0.4, 0.5) is 0 Å². The second-order valence-electron chi connectivity index (χ2n) is 4.00. The van der Waals surface area contributed by atoms with E-state index < -0.39 is 0 Å². The van der Waals surface area contributed by atoms with E-state index in [1.165, 1.54) is 12.8 Å². The Balaban J connectivity index is 0.00000196. The molecule has 1 fully saturated rings. The van der Waals surface area contributed by atoms with Crippen molar-refractivity contribution in [2.45, 2.75) is 51.6 Å². The van der Waals surface area contributed by atoms with Crippen LogP contribution in [0.1, 0.15) is 39.5 Å². The lowest BCUT2D eigenvalue weighted by Gasteiger charge is -2.29. The molecule has 0 radical (unpaired) electrons. The molecule has 0 spiro atoms. The first kappa shape index (κ1) is 14.5. The number of hydrogen-bond donors (Lipinski definition) is 2. The van der Waals surface area contributed by atoms with Crippen molar-refractivity contribution in [2.75, 3.05) is 0 Å². The van der Waals surface area contributed by atoms with E-state index >= 15 is 0 Å². The van der Waals surface area contributed by atoms with Crippen LogP contribution in [0.2, 0.25) is 0 Å². The molecule has 15 heavy (non-hydrogen) atoms. The number of carbonyl (C=O) groups excluding carboxylic acids is 1. The molecule has 0 bridgehead atoms. The van der Waals surface area contributed by atoms with Crippen molar-refractivity contribution in [3.63, 3.8) is 0 Å². The second kappa shape index (κ2) is 6.85. The molecule has 1 rings (SSSR count). The highest BCUT2D eigenvalue weighted by Crippen LogP contribution is 2.17. The molecule has 0 aliphatic heterocycles. The monoisotopic (exact) mass is 232 g/mol. The van der Waals surface area contributed by atoms with Gasteiger partial charge in [0, 0.05) is 17.7 Å². The number of hydrogen-bond acceptors (Lipinski definition) is 2. The van der Waals surface area contributed by atoms with Crippen molar-refractivity contribution in [2.24, 2.45) is 5.73 Å². The average molecular weight is 233 g/mol. The van der Waals surface area contributed by atoms with Crippen LogP contribution in [-0.2, 0) is 4.79 Å². The fraction of sp³-hybridized carbons (Fsp3) is 0.727. The Labute approximate surface area is 97.9 Å². The van der Waals surface area contributed by atoms with Gasteiger partial charge in [0.2, 0.25) is 5.91 Å². The minimum absolute atomic E-state index is 0. The molecule has 1 saturated carbocycles. The Morgan fingerprint density at radius 2 is 2.00 bits per heavy atom. The first-order chi connectivity index (χ1) is 6.65. The summed E-state index contributed by atoms with van der Waals surface area (Å²) in [6.45, 7) is 3.69. The van der Waals surface area contributed by atoms with Gasteiger partial charge in [0.1, 0.15) is 0 Å². The van der Waals surface area contributed by atoms with Crippen molar-refractivity contribution >= 4 is 18.3 Å². The average Bonchev–Trinajstić information content (AvgIpc) is 2.20. The van der Waals surface area contributed by atoms with E-state index in [0.29, 0.717) is 0 Å². The smallest absolute Gasteiger partial charge is 0.246 e. The normalized spacial score (nSPS) is 26.7. The third-order valence-corrected chi connectivity index (χ3v) is 2.93. The molecule has 1 aliphatic rings. The topological polar surface area (TPSA) is 55.1 Å². The molecule has 88 valence electrons. The van der Waals surface area contributed by atoms with Crippen LogP contribution in [0.5, 0.6) is 0 Å². The molecule has 3 nitrogen and oxygen atoms in total. The fourth-order valence-electron chi connectivity index (χ4n) is 1.75. The standard InChI is InChI=1S/C11H20N2O.ClH/c1-3-8(2)11(14)13-10-7-5-4-6-9(10)12;/h3,9-10H,4-7,12H2,1-2H3,(H,13,14);1H/b8-3-;. The zero-order valence-electron chi connectivity index (χ0n) is 9.45. The van der Waals surface area contributed by atoms with Crippen LogP contribution >= 0.6 is 12.4 Å². The molecular formula is C11H21ClN2O. The van der Waals surface area contributed by atoms with Gasteiger partial charge in [-0.15, -0.1) is 12.4 Å². The van der Waals surface area contributed by atoms with Gasteiger partial charge in [0.05, 0.1) is 0 Å². The molecule has 1 aliphatic carbocycles. The van der Waals surface area contributed by atoms with Crippen molar-refractivity contribution in [3.05, 3.63) is 11.6 Å². The van der Waals surface area contributed by atoms with E-state index in [9.17, 15) is 4.79 Å². The van der Waals surface area contributed by atoms with Crippen molar-refractivity contribution in [1.82, 2.24) is 5.32 Å². The maximum atomic E-state index is 11.6. The number of nitrogens with two attached hydrogens (primary N) is 1. The maximum absolute atomic E-state index is 11.6. The molecule has 0 aromatic rings. The highest BCUT2D eigenvalue weighted by molar-refractivity contribution is 5.92. The molecule has 0 saturated heterocycles. The van der Waals surface area contributed by atoms with Gasteiger partial charge in [-0.25, -0.2) is 0 Å². The van der Waals surface area contributed by atoms with Gasteiger partial charge >= 0.3 is 0 Å². The number of amides is 1. The summed E-state index contributed by atoms with van der Waals surface area (Å²) < 4.78 is 0. The van der Waals surface area contributed by atoms with Gasteiger partial charge in [-0.05, 0) is 26.7 Å². The fourth-order valence-corrected chi connectivity index (χ4v) is 1.75. The number of rotatable bonds is 2. The van der Waals surface area contributed by atoms with Crippen LogP contribution in [0.3, 0.4) is 0 Å². The molecule has 1 amide bonds. The molecule has 2 unspecified atom stereocenters. The van der Waals surface area contributed by atoms with Gasteiger partial charge in [-0.3, -0.25) is 4.79 Å². The van der Waals surface area contributed by atoms with Crippen molar-refractivity contribution in [1.29, 1.82) is 0 Å². The van der Waals surface area contributed by atoms with Crippen LogP contribution in [0.25, 0.3) is 0 Å². The second-order valence-corrected chi connectivity index (χ2v) is 4.00. The summed E-state index contributed by atoms with van der Waals surface area (Å²) in [7, 11) is 0. The van der Waals surface area contributed by atoms with Crippen LogP contribution in [0, 0.1) is 0 Å². The highest BCUT2D eigenvalue weighted by atomic mass is 35.5. The summed E-state index contributed by atoms with van der Waals surface area (Å²) in [5.41, 5.74) is 6.70. The summed E-state index contributed by atoms with van der Waals surface area (Å²) >= 11 is 0. The largest absolute Gasteiger partial charge is 0.348 e. The molecular weight excluding hydrogens is 212 g/mol.